The summed E-state index contributed by atoms with van der Waals surface area (Å²) in [6, 6.07) is 0. The van der Waals surface area contributed by atoms with E-state index in [0.29, 0.717) is 0 Å². The van der Waals surface area contributed by atoms with Crippen molar-refractivity contribution in [1.29, 1.82) is 0 Å². The number of hydrogen-bond acceptors (Lipinski definition) is 1. The van der Waals surface area contributed by atoms with Crippen LogP contribution in [0.4, 0.5) is 0 Å². The van der Waals surface area contributed by atoms with Gasteiger partial charge in [0, 0.05) is 0 Å². The highest BCUT2D eigenvalue weighted by Crippen LogP contribution is 2.45. The Morgan fingerprint density at radius 3 is 1.84 bits per heavy atom. The van der Waals surface area contributed by atoms with E-state index in [-0.39, 0.29) is 0 Å². The van der Waals surface area contributed by atoms with Crippen molar-refractivity contribution in [1.82, 2.24) is 0 Å². The second kappa shape index (κ2) is 7.67. The van der Waals surface area contributed by atoms with Gasteiger partial charge in [-0.25, -0.2) is 0 Å². The SMILES string of the molecule is CC(CN)C1CCCC2(CCCCCCC2)CCC1. The quantitative estimate of drug-likeness (QED) is 0.722. The standard InChI is InChI=1S/C18H35N/c1-16(15-19)17-9-7-13-18(14-8-10-17)11-5-3-2-4-6-12-18/h16-17H,2-15,19H2,1H3. The van der Waals surface area contributed by atoms with Gasteiger partial charge in [0.2, 0.25) is 0 Å². The first-order chi connectivity index (χ1) is 9.26. The van der Waals surface area contributed by atoms with Gasteiger partial charge in [-0.15, -0.1) is 0 Å². The predicted octanol–water partition coefficient (Wildman–Crippen LogP) is 5.28. The molecule has 0 aromatic heterocycles. The molecule has 1 unspecified atom stereocenters. The first-order valence-electron chi connectivity index (χ1n) is 8.96. The molecule has 1 spiro atoms. The molecule has 2 saturated carbocycles. The van der Waals surface area contributed by atoms with Crippen LogP contribution in [0.15, 0.2) is 0 Å². The Labute approximate surface area is 120 Å². The van der Waals surface area contributed by atoms with E-state index in [1.165, 1.54) is 83.5 Å². The normalized spacial score (nSPS) is 28.1. The van der Waals surface area contributed by atoms with Gasteiger partial charge in [-0.05, 0) is 49.5 Å². The summed E-state index contributed by atoms with van der Waals surface area (Å²) in [5.74, 6) is 1.65. The fourth-order valence-electron chi connectivity index (χ4n) is 4.66. The van der Waals surface area contributed by atoms with Crippen LogP contribution in [0.2, 0.25) is 0 Å². The first-order valence-corrected chi connectivity index (χ1v) is 8.96. The van der Waals surface area contributed by atoms with Gasteiger partial charge in [-0.3, -0.25) is 0 Å². The highest BCUT2D eigenvalue weighted by molar-refractivity contribution is 4.84. The molecule has 2 aliphatic carbocycles. The van der Waals surface area contributed by atoms with Crippen LogP contribution in [-0.2, 0) is 0 Å². The Kier molecular flexibility index (Phi) is 6.19. The summed E-state index contributed by atoms with van der Waals surface area (Å²) in [6.45, 7) is 3.24. The Morgan fingerprint density at radius 2 is 1.32 bits per heavy atom. The second-order valence-electron chi connectivity index (χ2n) is 7.53. The van der Waals surface area contributed by atoms with Gasteiger partial charge in [-0.2, -0.15) is 0 Å². The van der Waals surface area contributed by atoms with E-state index in [1.807, 2.05) is 0 Å². The molecule has 2 aliphatic rings. The van der Waals surface area contributed by atoms with Crippen molar-refractivity contribution in [3.63, 3.8) is 0 Å². The second-order valence-corrected chi connectivity index (χ2v) is 7.53. The zero-order valence-electron chi connectivity index (χ0n) is 13.1. The van der Waals surface area contributed by atoms with E-state index >= 15 is 0 Å². The van der Waals surface area contributed by atoms with Crippen LogP contribution >= 0.6 is 0 Å². The minimum absolute atomic E-state index is 0.742. The average Bonchev–Trinajstić information content (AvgIpc) is 2.36. The molecule has 2 N–H and O–H groups in total. The molecule has 1 nitrogen and oxygen atoms in total. The molecule has 0 aliphatic heterocycles. The molecule has 112 valence electrons. The van der Waals surface area contributed by atoms with Gasteiger partial charge in [0.1, 0.15) is 0 Å². The van der Waals surface area contributed by atoms with Crippen molar-refractivity contribution >= 4 is 0 Å². The Bertz CT molecular complexity index is 228. The van der Waals surface area contributed by atoms with Gasteiger partial charge in [-0.1, -0.05) is 64.7 Å². The van der Waals surface area contributed by atoms with Gasteiger partial charge < -0.3 is 5.73 Å². The van der Waals surface area contributed by atoms with Crippen LogP contribution in [-0.4, -0.2) is 6.54 Å². The molecule has 0 amide bonds. The highest BCUT2D eigenvalue weighted by atomic mass is 14.5. The fourth-order valence-corrected chi connectivity index (χ4v) is 4.66. The molecule has 0 bridgehead atoms. The van der Waals surface area contributed by atoms with Crippen LogP contribution in [0.3, 0.4) is 0 Å². The molecular weight excluding hydrogens is 230 g/mol. The molecule has 0 saturated heterocycles. The monoisotopic (exact) mass is 265 g/mol. The van der Waals surface area contributed by atoms with Crippen LogP contribution in [0.5, 0.6) is 0 Å². The summed E-state index contributed by atoms with van der Waals surface area (Å²) in [7, 11) is 0. The molecule has 2 fully saturated rings. The minimum atomic E-state index is 0.742. The van der Waals surface area contributed by atoms with Gasteiger partial charge in [0.25, 0.3) is 0 Å². The highest BCUT2D eigenvalue weighted by Gasteiger charge is 2.32. The topological polar surface area (TPSA) is 26.0 Å². The number of rotatable bonds is 2. The maximum absolute atomic E-state index is 5.87. The lowest BCUT2D eigenvalue weighted by Gasteiger charge is -2.39. The Hall–Kier alpha value is -0.0400. The van der Waals surface area contributed by atoms with E-state index in [4.69, 9.17) is 5.73 Å². The van der Waals surface area contributed by atoms with E-state index in [1.54, 1.807) is 0 Å². The van der Waals surface area contributed by atoms with Gasteiger partial charge in [0.05, 0.1) is 0 Å². The molecule has 1 atom stereocenters. The van der Waals surface area contributed by atoms with E-state index in [2.05, 4.69) is 6.92 Å². The third-order valence-corrected chi connectivity index (χ3v) is 6.15. The van der Waals surface area contributed by atoms with Crippen LogP contribution < -0.4 is 5.73 Å². The van der Waals surface area contributed by atoms with Crippen LogP contribution in [0.25, 0.3) is 0 Å². The van der Waals surface area contributed by atoms with Crippen molar-refractivity contribution in [2.24, 2.45) is 23.0 Å². The lowest BCUT2D eigenvalue weighted by Crippen LogP contribution is -2.27. The summed E-state index contributed by atoms with van der Waals surface area (Å²) in [4.78, 5) is 0. The summed E-state index contributed by atoms with van der Waals surface area (Å²) >= 11 is 0. The Balaban J connectivity index is 1.88. The maximum Gasteiger partial charge on any atom is -0.00489 e. The van der Waals surface area contributed by atoms with Gasteiger partial charge >= 0.3 is 0 Å². The zero-order valence-corrected chi connectivity index (χ0v) is 13.1. The molecule has 0 radical (unpaired) electrons. The maximum atomic E-state index is 5.87. The number of nitrogens with two attached hydrogens (primary N) is 1. The fraction of sp³-hybridized carbons (Fsp3) is 1.00. The molecule has 0 aromatic carbocycles. The van der Waals surface area contributed by atoms with Crippen molar-refractivity contribution < 1.29 is 0 Å². The minimum Gasteiger partial charge on any atom is -0.330 e. The summed E-state index contributed by atoms with van der Waals surface area (Å²) < 4.78 is 0. The molecular formula is C18H35N. The summed E-state index contributed by atoms with van der Waals surface area (Å²) in [5.41, 5.74) is 6.61. The predicted molar refractivity (Wildman–Crippen MR) is 84.2 cm³/mol. The smallest absolute Gasteiger partial charge is 0.00489 e. The third kappa shape index (κ3) is 4.48. The largest absolute Gasteiger partial charge is 0.330 e. The van der Waals surface area contributed by atoms with Gasteiger partial charge in [0.15, 0.2) is 0 Å². The van der Waals surface area contributed by atoms with Crippen LogP contribution in [0, 0.1) is 17.3 Å². The molecule has 0 aromatic rings. The molecule has 2 rings (SSSR count). The van der Waals surface area contributed by atoms with Crippen molar-refractivity contribution in [2.45, 2.75) is 90.4 Å². The van der Waals surface area contributed by atoms with E-state index in [9.17, 15) is 0 Å². The van der Waals surface area contributed by atoms with E-state index < -0.39 is 0 Å². The average molecular weight is 265 g/mol. The van der Waals surface area contributed by atoms with Crippen molar-refractivity contribution in [3.8, 4) is 0 Å². The first kappa shape index (κ1) is 15.4. The molecule has 1 heteroatoms. The zero-order chi connectivity index (χ0) is 13.6. The lowest BCUT2D eigenvalue weighted by atomic mass is 9.67. The summed E-state index contributed by atoms with van der Waals surface area (Å²) in [6.07, 6.45) is 19.4. The van der Waals surface area contributed by atoms with Crippen molar-refractivity contribution in [2.75, 3.05) is 6.54 Å². The Morgan fingerprint density at radius 1 is 0.842 bits per heavy atom. The third-order valence-electron chi connectivity index (χ3n) is 6.15. The van der Waals surface area contributed by atoms with E-state index in [0.717, 1.165) is 23.8 Å². The number of hydrogen-bond donors (Lipinski definition) is 1. The molecule has 0 heterocycles. The molecule has 19 heavy (non-hydrogen) atoms. The lowest BCUT2D eigenvalue weighted by molar-refractivity contribution is 0.134. The summed E-state index contributed by atoms with van der Waals surface area (Å²) in [5, 5.41) is 0. The van der Waals surface area contributed by atoms with Crippen molar-refractivity contribution in [3.05, 3.63) is 0 Å². The van der Waals surface area contributed by atoms with Crippen LogP contribution in [0.1, 0.15) is 90.4 Å².